The van der Waals surface area contributed by atoms with Gasteiger partial charge in [-0.1, -0.05) is 0 Å². The van der Waals surface area contributed by atoms with Crippen LogP contribution in [0.1, 0.15) is 11.3 Å². The second-order valence-corrected chi connectivity index (χ2v) is 1.24. The molecular weight excluding hydrogens is 122 g/mol. The first-order valence-electron chi connectivity index (χ1n) is 4.43. The molecule has 0 saturated carbocycles. The van der Waals surface area contributed by atoms with Crippen molar-refractivity contribution in [2.24, 2.45) is 0 Å². The maximum Gasteiger partial charge on any atom is 0.340 e. The Hall–Kier alpha value is -1.39. The third-order valence-corrected chi connectivity index (χ3v) is 0.647. The lowest BCUT2D eigenvalue weighted by molar-refractivity contribution is -0.389. The van der Waals surface area contributed by atoms with Crippen molar-refractivity contribution in [3.05, 3.63) is 22.1 Å². The number of nitro groups is 1. The summed E-state index contributed by atoms with van der Waals surface area (Å²) >= 11 is 0. The van der Waals surface area contributed by atoms with Crippen LogP contribution in [0.4, 0.5) is 5.82 Å². The van der Waals surface area contributed by atoms with E-state index in [-0.39, 0.29) is 4.98 Å². The van der Waals surface area contributed by atoms with Gasteiger partial charge >= 0.3 is 7.23 Å². The Balaban J connectivity index is 3.39. The molecule has 1 N–H and O–H groups in total. The molecule has 0 aromatic carbocycles. The average Bonchev–Trinajstić information content (AvgIpc) is 2.24. The molecule has 0 unspecified atom stereocenters. The number of rotatable bonds is 1. The number of hydrogen-bond acceptors (Lipinski definition) is 3. The molecule has 0 radical (unpaired) electrons. The molecule has 0 saturated heterocycles. The highest BCUT2D eigenvalue weighted by atomic mass is 16.6. The highest BCUT2D eigenvalue weighted by molar-refractivity contribution is 5.13. The Kier molecular flexibility index (Phi) is 0.429. The number of hydrogen-bond donors (Lipinski definition) is 1. The number of aromatic amines is 1. The topological polar surface area (TPSA) is 71.8 Å². The molecule has 1 rings (SSSR count). The van der Waals surface area contributed by atoms with Crippen LogP contribution in [0.15, 0.2) is 6.17 Å². The van der Waals surface area contributed by atoms with Crippen molar-refractivity contribution < 1.29 is 11.8 Å². The summed E-state index contributed by atoms with van der Waals surface area (Å²) in [5.74, 6) is -1.73. The van der Waals surface area contributed by atoms with E-state index in [0.717, 1.165) is 0 Å². The summed E-state index contributed by atoms with van der Waals surface area (Å²) in [6.07, 6.45) is -0.823. The molecule has 0 aliphatic rings. The fourth-order valence-corrected chi connectivity index (χ4v) is 0.335. The summed E-state index contributed by atoms with van der Waals surface area (Å²) in [5, 5.41) is 10.3. The highest BCUT2D eigenvalue weighted by Gasteiger charge is 2.04. The van der Waals surface area contributed by atoms with Crippen LogP contribution in [0.25, 0.3) is 0 Å². The van der Waals surface area contributed by atoms with Crippen LogP contribution >= 0.6 is 0 Å². The first-order chi connectivity index (χ1) is 6.25. The third kappa shape index (κ3) is 1.04. The van der Waals surface area contributed by atoms with Gasteiger partial charge in [-0.05, 0) is 4.92 Å². The van der Waals surface area contributed by atoms with Crippen molar-refractivity contribution in [2.75, 3.05) is 0 Å². The minimum absolute atomic E-state index is 0.0509. The van der Waals surface area contributed by atoms with Crippen LogP contribution in [0, 0.1) is 17.0 Å². The first kappa shape index (κ1) is 2.09. The van der Waals surface area contributed by atoms with Gasteiger partial charge in [0, 0.05) is 11.0 Å². The molecule has 1 aromatic heterocycles. The molecule has 0 bridgehead atoms. The molecule has 5 nitrogen and oxygen atoms in total. The van der Waals surface area contributed by atoms with Crippen molar-refractivity contribution in [3.63, 3.8) is 0 Å². The van der Waals surface area contributed by atoms with Gasteiger partial charge in [-0.2, -0.15) is 0 Å². The summed E-state index contributed by atoms with van der Waals surface area (Å²) in [4.78, 5) is 12.5. The Labute approximate surface area is 58.0 Å². The summed E-state index contributed by atoms with van der Waals surface area (Å²) < 4.78 is 34.8. The van der Waals surface area contributed by atoms with Crippen molar-refractivity contribution >= 4 is 5.82 Å². The predicted molar refractivity (Wildman–Crippen MR) is 30.0 cm³/mol. The van der Waals surface area contributed by atoms with Crippen LogP contribution in [-0.4, -0.2) is 14.9 Å². The van der Waals surface area contributed by atoms with E-state index in [2.05, 4.69) is 4.98 Å². The van der Waals surface area contributed by atoms with E-state index in [0.29, 0.717) is 0 Å². The van der Waals surface area contributed by atoms with E-state index in [4.69, 9.17) is 6.89 Å². The van der Waals surface area contributed by atoms with Gasteiger partial charge < -0.3 is 10.1 Å². The Morgan fingerprint density at radius 3 is 3.44 bits per heavy atom. The Bertz CT molecular complexity index is 383. The number of imidazole rings is 1. The zero-order chi connectivity index (χ0) is 11.1. The summed E-state index contributed by atoms with van der Waals surface area (Å²) in [5.41, 5.74) is 0. The third-order valence-electron chi connectivity index (χ3n) is 0.647. The average molecular weight is 132 g/mol. The second kappa shape index (κ2) is 1.85. The molecule has 1 aromatic rings. The Morgan fingerprint density at radius 1 is 2.33 bits per heavy atom. The first-order valence-corrected chi connectivity index (χ1v) is 1.98. The molecule has 0 aliphatic carbocycles. The Morgan fingerprint density at radius 2 is 3.11 bits per heavy atom. The van der Waals surface area contributed by atoms with E-state index < -0.39 is 29.6 Å². The van der Waals surface area contributed by atoms with Gasteiger partial charge in [0.1, 0.15) is 6.17 Å². The van der Waals surface area contributed by atoms with Crippen molar-refractivity contribution in [3.8, 4) is 0 Å². The highest BCUT2D eigenvalue weighted by Crippen LogP contribution is 2.03. The molecular formula is C4H5N3O2. The zero-order valence-electron chi connectivity index (χ0n) is 9.16. The molecule has 0 spiro atoms. The van der Waals surface area contributed by atoms with Crippen LogP contribution < -0.4 is 0 Å². The number of nitrogens with zero attached hydrogens (tertiary/aromatic N) is 2. The van der Waals surface area contributed by atoms with E-state index in [1.165, 1.54) is 0 Å². The molecule has 5 heteroatoms. The summed E-state index contributed by atoms with van der Waals surface area (Å²) in [7, 11) is 0. The lowest BCUT2D eigenvalue weighted by atomic mass is 10.7. The van der Waals surface area contributed by atoms with Crippen molar-refractivity contribution in [2.45, 2.75) is 6.85 Å². The molecule has 0 fully saturated rings. The summed E-state index contributed by atoms with van der Waals surface area (Å²) in [6.45, 7) is -2.73. The van der Waals surface area contributed by atoms with Crippen LogP contribution in [-0.2, 0) is 0 Å². The largest absolute Gasteiger partial charge is 0.358 e. The van der Waals surface area contributed by atoms with Gasteiger partial charge in [0.05, 0.1) is 1.37 Å². The fraction of sp³-hybridized carbons (Fsp3) is 0.250. The molecule has 0 amide bonds. The molecule has 9 heavy (non-hydrogen) atoms. The fourth-order valence-electron chi connectivity index (χ4n) is 0.335. The predicted octanol–water partition coefficient (Wildman–Crippen LogP) is 0.626. The number of aryl methyl sites for hydroxylation is 1. The van der Waals surface area contributed by atoms with Gasteiger partial charge in [-0.15, -0.1) is 0 Å². The van der Waals surface area contributed by atoms with E-state index >= 15 is 0 Å². The SMILES string of the molecule is [2H]c1nc(C([2H])([2H])[2H])n([2H])c1[N+](=O)[O-]. The van der Waals surface area contributed by atoms with E-state index in [1.54, 1.807) is 0 Å². The number of aromatic nitrogens is 2. The smallest absolute Gasteiger partial charge is 0.340 e. The maximum atomic E-state index is 10.3. The lowest BCUT2D eigenvalue weighted by Crippen LogP contribution is -1.86. The molecule has 48 valence electrons. The van der Waals surface area contributed by atoms with E-state index in [9.17, 15) is 10.1 Å². The zero-order valence-corrected chi connectivity index (χ0v) is 4.16. The second-order valence-electron chi connectivity index (χ2n) is 1.24. The quantitative estimate of drug-likeness (QED) is 0.449. The molecule has 1 heterocycles. The van der Waals surface area contributed by atoms with Crippen LogP contribution in [0.2, 0.25) is 1.41 Å². The maximum absolute atomic E-state index is 10.3. The normalized spacial score (nSPS) is 18.9. The van der Waals surface area contributed by atoms with Crippen LogP contribution in [0.3, 0.4) is 0 Å². The van der Waals surface area contributed by atoms with Gasteiger partial charge in [0.2, 0.25) is 0 Å². The number of H-pyrrole nitrogens is 1. The minimum atomic E-state index is -2.73. The summed E-state index contributed by atoms with van der Waals surface area (Å²) in [6, 6.07) is 0. The van der Waals surface area contributed by atoms with Gasteiger partial charge in [0.25, 0.3) is 0 Å². The monoisotopic (exact) mass is 132 g/mol. The minimum Gasteiger partial charge on any atom is -0.358 e. The van der Waals surface area contributed by atoms with E-state index in [1.807, 2.05) is 0 Å². The van der Waals surface area contributed by atoms with Crippen molar-refractivity contribution in [1.29, 1.82) is 0 Å². The van der Waals surface area contributed by atoms with Crippen LogP contribution in [0.5, 0.6) is 0 Å². The number of nitrogens with one attached hydrogen (secondary N) is 1. The lowest BCUT2D eigenvalue weighted by Gasteiger charge is -1.83. The van der Waals surface area contributed by atoms with Gasteiger partial charge in [-0.3, -0.25) is 0 Å². The van der Waals surface area contributed by atoms with Gasteiger partial charge in [0.15, 0.2) is 5.82 Å². The standard InChI is InChI=1S/C4H5N3O2/c1-3-5-2-4(6-3)7(8)9/h2H,1H3,(H,5,6)/i1D3,2D/hD. The van der Waals surface area contributed by atoms with Gasteiger partial charge in [-0.25, -0.2) is 9.96 Å². The van der Waals surface area contributed by atoms with Crippen molar-refractivity contribution in [1.82, 2.24) is 9.96 Å². The molecule has 0 aliphatic heterocycles. The molecule has 0 atom stereocenters.